The first-order valence-electron chi connectivity index (χ1n) is 7.86. The van der Waals surface area contributed by atoms with Crippen molar-refractivity contribution in [1.82, 2.24) is 15.1 Å². The maximum atomic E-state index is 4.62. The van der Waals surface area contributed by atoms with Crippen LogP contribution in [0.15, 0.2) is 30.3 Å². The first kappa shape index (κ1) is 15.8. The summed E-state index contributed by atoms with van der Waals surface area (Å²) in [4.78, 5) is 0. The van der Waals surface area contributed by atoms with E-state index >= 15 is 0 Å². The molecule has 21 heavy (non-hydrogen) atoms. The molecular weight excluding hydrogens is 258 g/mol. The van der Waals surface area contributed by atoms with Crippen molar-refractivity contribution < 1.29 is 0 Å². The van der Waals surface area contributed by atoms with Crippen molar-refractivity contribution in [3.63, 3.8) is 0 Å². The normalized spacial score (nSPS) is 14.1. The summed E-state index contributed by atoms with van der Waals surface area (Å²) in [5.41, 5.74) is 5.14. The zero-order chi connectivity index (χ0) is 15.4. The van der Waals surface area contributed by atoms with E-state index in [1.165, 1.54) is 16.8 Å². The van der Waals surface area contributed by atoms with E-state index in [0.29, 0.717) is 12.1 Å². The molecule has 0 fully saturated rings. The zero-order valence-electron chi connectivity index (χ0n) is 13.9. The molecule has 3 heteroatoms. The lowest BCUT2D eigenvalue weighted by atomic mass is 10.0. The van der Waals surface area contributed by atoms with E-state index in [-0.39, 0.29) is 0 Å². The highest BCUT2D eigenvalue weighted by Gasteiger charge is 2.18. The minimum Gasteiger partial charge on any atom is -0.307 e. The van der Waals surface area contributed by atoms with Crippen molar-refractivity contribution >= 4 is 0 Å². The maximum absolute atomic E-state index is 4.62. The number of hydrogen-bond acceptors (Lipinski definition) is 2. The number of hydrogen-bond donors (Lipinski definition) is 1. The molecule has 2 aromatic rings. The predicted molar refractivity (Wildman–Crippen MR) is 88.5 cm³/mol. The maximum Gasteiger partial charge on any atom is 0.0644 e. The van der Waals surface area contributed by atoms with Gasteiger partial charge in [-0.1, -0.05) is 30.3 Å². The molecule has 1 aromatic heterocycles. The molecule has 0 aliphatic carbocycles. The SMILES string of the molecule is CCn1nc(C)c(C(C)NC(C)Cc2ccccc2)c1C. The Bertz CT molecular complexity index is 572. The fourth-order valence-electron chi connectivity index (χ4n) is 3.18. The lowest BCUT2D eigenvalue weighted by Crippen LogP contribution is -2.31. The number of rotatable bonds is 6. The minimum absolute atomic E-state index is 0.323. The number of nitrogens with zero attached hydrogens (tertiary/aromatic N) is 2. The molecule has 0 saturated heterocycles. The van der Waals surface area contributed by atoms with E-state index in [1.54, 1.807) is 0 Å². The van der Waals surface area contributed by atoms with E-state index in [4.69, 9.17) is 0 Å². The van der Waals surface area contributed by atoms with E-state index in [9.17, 15) is 0 Å². The fourth-order valence-corrected chi connectivity index (χ4v) is 3.18. The van der Waals surface area contributed by atoms with Crippen LogP contribution in [0.25, 0.3) is 0 Å². The van der Waals surface area contributed by atoms with Crippen LogP contribution in [0.4, 0.5) is 0 Å². The van der Waals surface area contributed by atoms with Gasteiger partial charge in [-0.3, -0.25) is 4.68 Å². The first-order chi connectivity index (χ1) is 10.0. The van der Waals surface area contributed by atoms with E-state index in [2.05, 4.69) is 80.0 Å². The molecule has 0 saturated carbocycles. The van der Waals surface area contributed by atoms with Gasteiger partial charge in [-0.15, -0.1) is 0 Å². The molecule has 0 radical (unpaired) electrons. The second-order valence-electron chi connectivity index (χ2n) is 5.88. The monoisotopic (exact) mass is 285 g/mol. The Morgan fingerprint density at radius 3 is 2.38 bits per heavy atom. The molecule has 0 spiro atoms. The summed E-state index contributed by atoms with van der Waals surface area (Å²) in [5, 5.41) is 8.33. The van der Waals surface area contributed by atoms with Gasteiger partial charge in [0.25, 0.3) is 0 Å². The standard InChI is InChI=1S/C18H27N3/c1-6-21-16(5)18(15(4)20-21)14(3)19-13(2)12-17-10-8-7-9-11-17/h7-11,13-14,19H,6,12H2,1-5H3. The Morgan fingerprint density at radius 2 is 1.81 bits per heavy atom. The van der Waals surface area contributed by atoms with Crippen molar-refractivity contribution in [3.05, 3.63) is 52.8 Å². The quantitative estimate of drug-likeness (QED) is 0.875. The van der Waals surface area contributed by atoms with Gasteiger partial charge in [0.05, 0.1) is 5.69 Å². The van der Waals surface area contributed by atoms with Crippen LogP contribution in [0.5, 0.6) is 0 Å². The molecule has 0 aliphatic rings. The summed E-state index contributed by atoms with van der Waals surface area (Å²) in [6.07, 6.45) is 1.05. The number of nitrogens with one attached hydrogen (secondary N) is 1. The van der Waals surface area contributed by atoms with Gasteiger partial charge < -0.3 is 5.32 Å². The topological polar surface area (TPSA) is 29.9 Å². The summed E-state index contributed by atoms with van der Waals surface area (Å²) in [6.45, 7) is 11.8. The van der Waals surface area contributed by atoms with Gasteiger partial charge in [-0.2, -0.15) is 5.10 Å². The summed E-state index contributed by atoms with van der Waals surface area (Å²) >= 11 is 0. The van der Waals surface area contributed by atoms with Crippen molar-refractivity contribution in [2.45, 2.75) is 59.7 Å². The molecule has 0 bridgehead atoms. The third kappa shape index (κ3) is 3.73. The molecule has 2 unspecified atom stereocenters. The van der Waals surface area contributed by atoms with E-state index < -0.39 is 0 Å². The van der Waals surface area contributed by atoms with E-state index in [1.807, 2.05) is 0 Å². The van der Waals surface area contributed by atoms with Crippen molar-refractivity contribution in [2.24, 2.45) is 0 Å². The molecule has 2 atom stereocenters. The number of aromatic nitrogens is 2. The second-order valence-corrected chi connectivity index (χ2v) is 5.88. The van der Waals surface area contributed by atoms with Gasteiger partial charge in [0, 0.05) is 29.9 Å². The van der Waals surface area contributed by atoms with Crippen molar-refractivity contribution in [1.29, 1.82) is 0 Å². The average molecular weight is 285 g/mol. The van der Waals surface area contributed by atoms with Crippen molar-refractivity contribution in [3.8, 4) is 0 Å². The predicted octanol–water partition coefficient (Wildman–Crippen LogP) is 3.80. The summed E-state index contributed by atoms with van der Waals surface area (Å²) < 4.78 is 2.09. The third-order valence-corrected chi connectivity index (χ3v) is 4.09. The smallest absolute Gasteiger partial charge is 0.0644 e. The fraction of sp³-hybridized carbons (Fsp3) is 0.500. The van der Waals surface area contributed by atoms with Gasteiger partial charge >= 0.3 is 0 Å². The lowest BCUT2D eigenvalue weighted by Gasteiger charge is -2.21. The number of benzene rings is 1. The molecule has 1 heterocycles. The molecular formula is C18H27N3. The Balaban J connectivity index is 2.04. The Hall–Kier alpha value is -1.61. The highest BCUT2D eigenvalue weighted by Crippen LogP contribution is 2.22. The summed E-state index contributed by atoms with van der Waals surface area (Å²) in [6, 6.07) is 11.4. The summed E-state index contributed by atoms with van der Waals surface area (Å²) in [7, 11) is 0. The van der Waals surface area contributed by atoms with Crippen molar-refractivity contribution in [2.75, 3.05) is 0 Å². The zero-order valence-corrected chi connectivity index (χ0v) is 13.9. The number of aryl methyl sites for hydroxylation is 2. The van der Waals surface area contributed by atoms with E-state index in [0.717, 1.165) is 18.7 Å². The minimum atomic E-state index is 0.323. The molecule has 0 amide bonds. The average Bonchev–Trinajstić information content (AvgIpc) is 2.74. The highest BCUT2D eigenvalue weighted by molar-refractivity contribution is 5.28. The van der Waals surface area contributed by atoms with Crippen LogP contribution in [-0.2, 0) is 13.0 Å². The van der Waals surface area contributed by atoms with Gasteiger partial charge in [-0.05, 0) is 46.6 Å². The first-order valence-corrected chi connectivity index (χ1v) is 7.86. The second kappa shape index (κ2) is 6.90. The highest BCUT2D eigenvalue weighted by atomic mass is 15.3. The molecule has 114 valence electrons. The van der Waals surface area contributed by atoms with Crippen LogP contribution in [0.1, 0.15) is 49.3 Å². The van der Waals surface area contributed by atoms with Gasteiger partial charge in [0.15, 0.2) is 0 Å². The van der Waals surface area contributed by atoms with Crippen LogP contribution in [0.3, 0.4) is 0 Å². The van der Waals surface area contributed by atoms with Crippen LogP contribution in [0.2, 0.25) is 0 Å². The van der Waals surface area contributed by atoms with Gasteiger partial charge in [0.1, 0.15) is 0 Å². The van der Waals surface area contributed by atoms with Crippen LogP contribution >= 0.6 is 0 Å². The van der Waals surface area contributed by atoms with Gasteiger partial charge in [0.2, 0.25) is 0 Å². The summed E-state index contributed by atoms with van der Waals surface area (Å²) in [5.74, 6) is 0. The van der Waals surface area contributed by atoms with Crippen LogP contribution in [-0.4, -0.2) is 15.8 Å². The lowest BCUT2D eigenvalue weighted by molar-refractivity contribution is 0.474. The molecule has 1 aromatic carbocycles. The molecule has 2 rings (SSSR count). The Labute approximate surface area is 128 Å². The molecule has 3 nitrogen and oxygen atoms in total. The van der Waals surface area contributed by atoms with Crippen LogP contribution in [0, 0.1) is 13.8 Å². The van der Waals surface area contributed by atoms with Crippen LogP contribution < -0.4 is 5.32 Å². The molecule has 1 N–H and O–H groups in total. The Morgan fingerprint density at radius 1 is 1.14 bits per heavy atom. The Kier molecular flexibility index (Phi) is 5.18. The third-order valence-electron chi connectivity index (χ3n) is 4.09. The van der Waals surface area contributed by atoms with Gasteiger partial charge in [-0.25, -0.2) is 0 Å². The largest absolute Gasteiger partial charge is 0.307 e. The molecule has 0 aliphatic heterocycles.